The maximum absolute atomic E-state index is 12.8. The molecule has 1 aromatic carbocycles. The number of nitrogens with one attached hydrogen (secondary N) is 1. The molecule has 0 unspecified atom stereocenters. The van der Waals surface area contributed by atoms with E-state index in [1.165, 1.54) is 12.1 Å². The van der Waals surface area contributed by atoms with Gasteiger partial charge in [-0.1, -0.05) is 6.07 Å². The summed E-state index contributed by atoms with van der Waals surface area (Å²) in [6.45, 7) is 0. The summed E-state index contributed by atoms with van der Waals surface area (Å²) < 4.78 is 38.5. The monoisotopic (exact) mass is 281 g/mol. The predicted octanol–water partition coefficient (Wildman–Crippen LogP) is 1.46. The van der Waals surface area contributed by atoms with Gasteiger partial charge in [-0.3, -0.25) is 4.79 Å². The van der Waals surface area contributed by atoms with Crippen LogP contribution in [0, 0.1) is 11.3 Å². The summed E-state index contributed by atoms with van der Waals surface area (Å²) in [7, 11) is 0. The van der Waals surface area contributed by atoms with Crippen molar-refractivity contribution >= 4 is 5.91 Å². The standard InChI is InChI=1S/C11H6F3N5O/c12-11(13,14)7-3-5(1-2-6(7)4-15)8-9(10(16)20)18-19-17-8/h1-3H,(H2,16,20)(H,17,18,19). The van der Waals surface area contributed by atoms with Crippen molar-refractivity contribution in [3.8, 4) is 17.3 Å². The van der Waals surface area contributed by atoms with Crippen molar-refractivity contribution in [2.45, 2.75) is 6.18 Å². The summed E-state index contributed by atoms with van der Waals surface area (Å²) in [6.07, 6.45) is -4.70. The summed E-state index contributed by atoms with van der Waals surface area (Å²) in [5.74, 6) is -0.924. The number of amides is 1. The van der Waals surface area contributed by atoms with Crippen molar-refractivity contribution in [3.05, 3.63) is 35.0 Å². The average Bonchev–Trinajstić information content (AvgIpc) is 2.86. The van der Waals surface area contributed by atoms with Crippen molar-refractivity contribution < 1.29 is 18.0 Å². The zero-order chi connectivity index (χ0) is 14.9. The van der Waals surface area contributed by atoms with Crippen molar-refractivity contribution in [1.82, 2.24) is 15.4 Å². The molecule has 20 heavy (non-hydrogen) atoms. The Balaban J connectivity index is 2.63. The van der Waals surface area contributed by atoms with Crippen LogP contribution in [0.3, 0.4) is 0 Å². The highest BCUT2D eigenvalue weighted by molar-refractivity contribution is 5.96. The second-order valence-electron chi connectivity index (χ2n) is 3.75. The Labute approximate surface area is 110 Å². The maximum Gasteiger partial charge on any atom is 0.417 e. The predicted molar refractivity (Wildman–Crippen MR) is 60.1 cm³/mol. The molecule has 9 heteroatoms. The van der Waals surface area contributed by atoms with Crippen molar-refractivity contribution in [2.24, 2.45) is 5.73 Å². The fourth-order valence-corrected chi connectivity index (χ4v) is 1.63. The van der Waals surface area contributed by atoms with Gasteiger partial charge in [0.15, 0.2) is 5.69 Å². The lowest BCUT2D eigenvalue weighted by Gasteiger charge is -2.10. The summed E-state index contributed by atoms with van der Waals surface area (Å²) in [5.41, 5.74) is 3.01. The second kappa shape index (κ2) is 4.65. The van der Waals surface area contributed by atoms with Gasteiger partial charge in [0, 0.05) is 5.56 Å². The lowest BCUT2D eigenvalue weighted by Crippen LogP contribution is -2.13. The fraction of sp³-hybridized carbons (Fsp3) is 0.0909. The number of nitrogens with zero attached hydrogens (tertiary/aromatic N) is 3. The normalized spacial score (nSPS) is 11.1. The van der Waals surface area contributed by atoms with E-state index in [4.69, 9.17) is 11.0 Å². The molecule has 0 aliphatic rings. The molecule has 1 aromatic heterocycles. The Morgan fingerprint density at radius 2 is 2.05 bits per heavy atom. The number of benzene rings is 1. The Morgan fingerprint density at radius 1 is 1.35 bits per heavy atom. The number of hydrogen-bond acceptors (Lipinski definition) is 4. The van der Waals surface area contributed by atoms with Crippen LogP contribution in [0.4, 0.5) is 13.2 Å². The van der Waals surface area contributed by atoms with Crippen LogP contribution in [0.1, 0.15) is 21.6 Å². The molecule has 1 amide bonds. The quantitative estimate of drug-likeness (QED) is 0.868. The van der Waals surface area contributed by atoms with Crippen LogP contribution in [0.2, 0.25) is 0 Å². The van der Waals surface area contributed by atoms with Gasteiger partial charge in [-0.15, -0.1) is 0 Å². The number of nitrogens with two attached hydrogens (primary N) is 1. The minimum atomic E-state index is -4.70. The first-order valence-corrected chi connectivity index (χ1v) is 5.17. The molecule has 3 N–H and O–H groups in total. The topological polar surface area (TPSA) is 108 Å². The lowest BCUT2D eigenvalue weighted by atomic mass is 10.0. The van der Waals surface area contributed by atoms with Gasteiger partial charge in [-0.05, 0) is 12.1 Å². The molecule has 0 radical (unpaired) electrons. The number of nitriles is 1. The molecule has 0 fully saturated rings. The van der Waals surface area contributed by atoms with E-state index < -0.39 is 23.2 Å². The minimum Gasteiger partial charge on any atom is -0.364 e. The Bertz CT molecular complexity index is 714. The summed E-state index contributed by atoms with van der Waals surface area (Å²) in [6, 6.07) is 4.41. The lowest BCUT2D eigenvalue weighted by molar-refractivity contribution is -0.137. The third-order valence-corrected chi connectivity index (χ3v) is 2.50. The van der Waals surface area contributed by atoms with Crippen LogP contribution in [-0.2, 0) is 6.18 Å². The van der Waals surface area contributed by atoms with Gasteiger partial charge in [0.1, 0.15) is 5.69 Å². The SMILES string of the molecule is N#Cc1ccc(-c2n[nH]nc2C(N)=O)cc1C(F)(F)F. The van der Waals surface area contributed by atoms with E-state index in [0.717, 1.165) is 12.1 Å². The highest BCUT2D eigenvalue weighted by Crippen LogP contribution is 2.34. The van der Waals surface area contributed by atoms with Crippen LogP contribution in [-0.4, -0.2) is 21.3 Å². The summed E-state index contributed by atoms with van der Waals surface area (Å²) in [4.78, 5) is 11.1. The number of carbonyl (C=O) groups excluding carboxylic acids is 1. The molecule has 6 nitrogen and oxygen atoms in total. The van der Waals surface area contributed by atoms with Gasteiger partial charge in [0.05, 0.1) is 17.2 Å². The van der Waals surface area contributed by atoms with Crippen molar-refractivity contribution in [3.63, 3.8) is 0 Å². The molecule has 2 rings (SSSR count). The van der Waals surface area contributed by atoms with Gasteiger partial charge in [0.2, 0.25) is 0 Å². The van der Waals surface area contributed by atoms with E-state index in [2.05, 4.69) is 15.4 Å². The van der Waals surface area contributed by atoms with E-state index in [9.17, 15) is 18.0 Å². The first kappa shape index (κ1) is 13.5. The molecule has 0 bridgehead atoms. The van der Waals surface area contributed by atoms with Gasteiger partial charge < -0.3 is 5.73 Å². The van der Waals surface area contributed by atoms with Gasteiger partial charge in [-0.2, -0.15) is 33.8 Å². The second-order valence-corrected chi connectivity index (χ2v) is 3.75. The van der Waals surface area contributed by atoms with Crippen molar-refractivity contribution in [1.29, 1.82) is 5.26 Å². The van der Waals surface area contributed by atoms with Crippen LogP contribution in [0.15, 0.2) is 18.2 Å². The molecule has 0 aliphatic carbocycles. The van der Waals surface area contributed by atoms with Crippen LogP contribution in [0.5, 0.6) is 0 Å². The van der Waals surface area contributed by atoms with E-state index in [1.54, 1.807) is 0 Å². The smallest absolute Gasteiger partial charge is 0.364 e. The molecule has 2 aromatic rings. The molecular weight excluding hydrogens is 275 g/mol. The third kappa shape index (κ3) is 2.31. The number of halogens is 3. The molecule has 0 atom stereocenters. The average molecular weight is 281 g/mol. The highest BCUT2D eigenvalue weighted by atomic mass is 19.4. The zero-order valence-electron chi connectivity index (χ0n) is 9.69. The number of rotatable bonds is 2. The van der Waals surface area contributed by atoms with Crippen molar-refractivity contribution in [2.75, 3.05) is 0 Å². The number of H-pyrrole nitrogens is 1. The fourth-order valence-electron chi connectivity index (χ4n) is 1.63. The molecule has 0 aliphatic heterocycles. The van der Waals surface area contributed by atoms with Gasteiger partial charge in [0.25, 0.3) is 5.91 Å². The van der Waals surface area contributed by atoms with Gasteiger partial charge >= 0.3 is 6.18 Å². The third-order valence-electron chi connectivity index (χ3n) is 2.50. The first-order valence-electron chi connectivity index (χ1n) is 5.17. The summed E-state index contributed by atoms with van der Waals surface area (Å²) in [5, 5.41) is 17.9. The van der Waals surface area contributed by atoms with Crippen LogP contribution < -0.4 is 5.73 Å². The maximum atomic E-state index is 12.8. The van der Waals surface area contributed by atoms with E-state index in [0.29, 0.717) is 0 Å². The molecule has 1 heterocycles. The Morgan fingerprint density at radius 3 is 2.60 bits per heavy atom. The first-order chi connectivity index (χ1) is 9.34. The Kier molecular flexibility index (Phi) is 3.15. The Hall–Kier alpha value is -2.89. The number of hydrogen-bond donors (Lipinski definition) is 2. The number of alkyl halides is 3. The molecule has 0 saturated carbocycles. The number of aromatic amines is 1. The number of primary amides is 1. The van der Waals surface area contributed by atoms with Crippen LogP contribution >= 0.6 is 0 Å². The van der Waals surface area contributed by atoms with E-state index >= 15 is 0 Å². The number of carbonyl (C=O) groups is 1. The molecular formula is C11H6F3N5O. The van der Waals surface area contributed by atoms with E-state index in [1.807, 2.05) is 0 Å². The van der Waals surface area contributed by atoms with Crippen LogP contribution in [0.25, 0.3) is 11.3 Å². The van der Waals surface area contributed by atoms with E-state index in [-0.39, 0.29) is 17.0 Å². The minimum absolute atomic E-state index is 0.0149. The largest absolute Gasteiger partial charge is 0.417 e. The number of aromatic nitrogens is 3. The summed E-state index contributed by atoms with van der Waals surface area (Å²) >= 11 is 0. The molecule has 102 valence electrons. The highest BCUT2D eigenvalue weighted by Gasteiger charge is 2.34. The zero-order valence-corrected chi connectivity index (χ0v) is 9.69. The molecule has 0 saturated heterocycles. The van der Waals surface area contributed by atoms with Gasteiger partial charge in [-0.25, -0.2) is 0 Å². The molecule has 0 spiro atoms.